The van der Waals surface area contributed by atoms with Crippen LogP contribution in [0, 0.1) is 5.92 Å². The van der Waals surface area contributed by atoms with Gasteiger partial charge in [0.05, 0.1) is 5.56 Å². The van der Waals surface area contributed by atoms with Crippen LogP contribution in [-0.4, -0.2) is 24.0 Å². The standard InChI is InChI=1S/C15H17NO3/c17-14(10-5-2-1-3-6-10)19-15(18)13-9-11-7-4-8-12(11)16-13/h1-3,5-6,11-13,16H,4,7-9H2/t11-,12+,13-/m0/s1. The number of hydrogen-bond donors (Lipinski definition) is 1. The summed E-state index contributed by atoms with van der Waals surface area (Å²) in [6.45, 7) is 0. The molecule has 1 aromatic carbocycles. The van der Waals surface area contributed by atoms with Gasteiger partial charge in [-0.25, -0.2) is 9.59 Å². The molecule has 2 aliphatic rings. The Labute approximate surface area is 112 Å². The molecule has 1 saturated heterocycles. The van der Waals surface area contributed by atoms with Gasteiger partial charge in [-0.15, -0.1) is 0 Å². The maximum absolute atomic E-state index is 12.0. The van der Waals surface area contributed by atoms with Gasteiger partial charge in [0.2, 0.25) is 0 Å². The number of rotatable bonds is 2. The van der Waals surface area contributed by atoms with Gasteiger partial charge in [-0.1, -0.05) is 24.6 Å². The summed E-state index contributed by atoms with van der Waals surface area (Å²) >= 11 is 0. The van der Waals surface area contributed by atoms with E-state index in [0.717, 1.165) is 12.8 Å². The third kappa shape index (κ3) is 2.54. The van der Waals surface area contributed by atoms with Gasteiger partial charge in [0.1, 0.15) is 6.04 Å². The normalized spacial score (nSPS) is 28.9. The van der Waals surface area contributed by atoms with Crippen LogP contribution in [0.2, 0.25) is 0 Å². The fourth-order valence-electron chi connectivity index (χ4n) is 3.13. The average molecular weight is 259 g/mol. The Morgan fingerprint density at radius 2 is 1.95 bits per heavy atom. The third-order valence-electron chi connectivity index (χ3n) is 4.10. The van der Waals surface area contributed by atoms with Gasteiger partial charge in [-0.2, -0.15) is 0 Å². The second kappa shape index (κ2) is 5.13. The van der Waals surface area contributed by atoms with E-state index in [0.29, 0.717) is 17.5 Å². The van der Waals surface area contributed by atoms with Crippen LogP contribution in [0.25, 0.3) is 0 Å². The van der Waals surface area contributed by atoms with Crippen molar-refractivity contribution in [3.8, 4) is 0 Å². The SMILES string of the molecule is O=C(OC(=O)[C@@H]1C[C@@H]2CCC[C@H]2N1)c1ccccc1. The minimum atomic E-state index is -0.565. The van der Waals surface area contributed by atoms with E-state index < -0.39 is 11.9 Å². The highest BCUT2D eigenvalue weighted by Crippen LogP contribution is 2.34. The van der Waals surface area contributed by atoms with Crippen LogP contribution in [-0.2, 0) is 9.53 Å². The summed E-state index contributed by atoms with van der Waals surface area (Å²) in [5, 5.41) is 3.28. The van der Waals surface area contributed by atoms with Crippen molar-refractivity contribution < 1.29 is 14.3 Å². The van der Waals surface area contributed by atoms with Crippen molar-refractivity contribution in [1.29, 1.82) is 0 Å². The van der Waals surface area contributed by atoms with E-state index in [9.17, 15) is 9.59 Å². The zero-order chi connectivity index (χ0) is 13.2. The fourth-order valence-corrected chi connectivity index (χ4v) is 3.13. The van der Waals surface area contributed by atoms with E-state index in [-0.39, 0.29) is 6.04 Å². The van der Waals surface area contributed by atoms with Gasteiger partial charge < -0.3 is 10.1 Å². The zero-order valence-electron chi connectivity index (χ0n) is 10.7. The van der Waals surface area contributed by atoms with Gasteiger partial charge in [0.25, 0.3) is 0 Å². The van der Waals surface area contributed by atoms with E-state index in [2.05, 4.69) is 5.32 Å². The number of hydrogen-bond acceptors (Lipinski definition) is 4. The summed E-state index contributed by atoms with van der Waals surface area (Å²) in [6, 6.07) is 8.72. The molecule has 1 aliphatic heterocycles. The van der Waals surface area contributed by atoms with Crippen molar-refractivity contribution in [3.63, 3.8) is 0 Å². The molecule has 1 N–H and O–H groups in total. The summed E-state index contributed by atoms with van der Waals surface area (Å²) in [7, 11) is 0. The molecule has 1 aromatic rings. The number of ether oxygens (including phenoxy) is 1. The van der Waals surface area contributed by atoms with E-state index >= 15 is 0 Å². The topological polar surface area (TPSA) is 55.4 Å². The van der Waals surface area contributed by atoms with E-state index in [1.165, 1.54) is 12.8 Å². The van der Waals surface area contributed by atoms with Crippen molar-refractivity contribution in [2.24, 2.45) is 5.92 Å². The first-order valence-electron chi connectivity index (χ1n) is 6.81. The van der Waals surface area contributed by atoms with Crippen LogP contribution in [0.3, 0.4) is 0 Å². The summed E-state index contributed by atoms with van der Waals surface area (Å²) in [5.74, 6) is -0.433. The molecule has 1 aliphatic carbocycles. The van der Waals surface area contributed by atoms with Crippen LogP contribution >= 0.6 is 0 Å². The third-order valence-corrected chi connectivity index (χ3v) is 4.10. The number of esters is 2. The Kier molecular flexibility index (Phi) is 3.34. The monoisotopic (exact) mass is 259 g/mol. The lowest BCUT2D eigenvalue weighted by Gasteiger charge is -2.11. The largest absolute Gasteiger partial charge is 0.388 e. The quantitative estimate of drug-likeness (QED) is 0.651. The molecule has 4 heteroatoms. The first kappa shape index (κ1) is 12.4. The van der Waals surface area contributed by atoms with Crippen LogP contribution in [0.5, 0.6) is 0 Å². The second-order valence-electron chi connectivity index (χ2n) is 5.33. The van der Waals surface area contributed by atoms with Crippen LogP contribution in [0.1, 0.15) is 36.0 Å². The van der Waals surface area contributed by atoms with E-state index in [1.807, 2.05) is 6.07 Å². The molecule has 1 heterocycles. The number of benzene rings is 1. The molecule has 0 spiro atoms. The highest BCUT2D eigenvalue weighted by molar-refractivity contribution is 5.98. The van der Waals surface area contributed by atoms with Crippen molar-refractivity contribution in [3.05, 3.63) is 35.9 Å². The highest BCUT2D eigenvalue weighted by atomic mass is 16.6. The molecule has 0 radical (unpaired) electrons. The van der Waals surface area contributed by atoms with Crippen molar-refractivity contribution in [2.45, 2.75) is 37.8 Å². The van der Waals surface area contributed by atoms with Gasteiger partial charge in [-0.3, -0.25) is 0 Å². The number of fused-ring (bicyclic) bond motifs is 1. The first-order valence-corrected chi connectivity index (χ1v) is 6.81. The summed E-state index contributed by atoms with van der Waals surface area (Å²) in [5.41, 5.74) is 0.411. The minimum Gasteiger partial charge on any atom is -0.388 e. The van der Waals surface area contributed by atoms with Crippen LogP contribution in [0.4, 0.5) is 0 Å². The summed E-state index contributed by atoms with van der Waals surface area (Å²) in [4.78, 5) is 23.7. The second-order valence-corrected chi connectivity index (χ2v) is 5.33. The lowest BCUT2D eigenvalue weighted by Crippen LogP contribution is -2.37. The predicted octanol–water partition coefficient (Wildman–Crippen LogP) is 1.90. The lowest BCUT2D eigenvalue weighted by atomic mass is 10.0. The Bertz CT molecular complexity index is 473. The lowest BCUT2D eigenvalue weighted by molar-refractivity contribution is -0.140. The molecule has 1 saturated carbocycles. The molecule has 0 unspecified atom stereocenters. The summed E-state index contributed by atoms with van der Waals surface area (Å²) in [6.07, 6.45) is 4.33. The molecule has 0 amide bonds. The van der Waals surface area contributed by atoms with Gasteiger partial charge in [-0.05, 0) is 37.3 Å². The Morgan fingerprint density at radius 1 is 1.16 bits per heavy atom. The smallest absolute Gasteiger partial charge is 0.345 e. The van der Waals surface area contributed by atoms with Gasteiger partial charge in [0.15, 0.2) is 0 Å². The fraction of sp³-hybridized carbons (Fsp3) is 0.467. The summed E-state index contributed by atoms with van der Waals surface area (Å²) < 4.78 is 4.95. The molecule has 0 bridgehead atoms. The van der Waals surface area contributed by atoms with Crippen molar-refractivity contribution in [1.82, 2.24) is 5.32 Å². The highest BCUT2D eigenvalue weighted by Gasteiger charge is 2.40. The van der Waals surface area contributed by atoms with Gasteiger partial charge in [0, 0.05) is 6.04 Å². The zero-order valence-corrected chi connectivity index (χ0v) is 10.7. The van der Waals surface area contributed by atoms with E-state index in [4.69, 9.17) is 4.74 Å². The van der Waals surface area contributed by atoms with Crippen LogP contribution in [0.15, 0.2) is 30.3 Å². The number of carbonyl (C=O) groups is 2. The maximum atomic E-state index is 12.0. The van der Waals surface area contributed by atoms with Crippen molar-refractivity contribution >= 4 is 11.9 Å². The Morgan fingerprint density at radius 3 is 2.68 bits per heavy atom. The molecule has 19 heavy (non-hydrogen) atoms. The molecular weight excluding hydrogens is 242 g/mol. The molecular formula is C15H17NO3. The Hall–Kier alpha value is -1.68. The molecule has 3 rings (SSSR count). The first-order chi connectivity index (χ1) is 9.24. The maximum Gasteiger partial charge on any atom is 0.345 e. The minimum absolute atomic E-state index is 0.317. The molecule has 100 valence electrons. The average Bonchev–Trinajstić information content (AvgIpc) is 3.00. The van der Waals surface area contributed by atoms with Gasteiger partial charge >= 0.3 is 11.9 Å². The molecule has 3 atom stereocenters. The van der Waals surface area contributed by atoms with Crippen LogP contribution < -0.4 is 5.32 Å². The Balaban J connectivity index is 1.59. The molecule has 2 fully saturated rings. The molecule has 0 aromatic heterocycles. The number of carbonyl (C=O) groups excluding carboxylic acids is 2. The predicted molar refractivity (Wildman–Crippen MR) is 69.5 cm³/mol. The molecule has 4 nitrogen and oxygen atoms in total. The van der Waals surface area contributed by atoms with E-state index in [1.54, 1.807) is 24.3 Å². The van der Waals surface area contributed by atoms with Crippen molar-refractivity contribution in [2.75, 3.05) is 0 Å². The number of nitrogens with one attached hydrogen (secondary N) is 1.